The van der Waals surface area contributed by atoms with Crippen molar-refractivity contribution in [2.75, 3.05) is 14.2 Å². The van der Waals surface area contributed by atoms with Crippen molar-refractivity contribution < 1.29 is 19.1 Å². The number of carbonyl (C=O) groups is 3. The van der Waals surface area contributed by atoms with Crippen molar-refractivity contribution >= 4 is 17.8 Å². The molecule has 2 amide bonds. The Morgan fingerprint density at radius 1 is 1.16 bits per heavy atom. The van der Waals surface area contributed by atoms with Crippen LogP contribution in [-0.4, -0.2) is 53.9 Å². The van der Waals surface area contributed by atoms with Crippen molar-refractivity contribution in [2.45, 2.75) is 45.8 Å². The van der Waals surface area contributed by atoms with E-state index in [-0.39, 0.29) is 42.2 Å². The van der Waals surface area contributed by atoms with E-state index in [1.807, 2.05) is 26.8 Å². The summed E-state index contributed by atoms with van der Waals surface area (Å²) in [5.74, 6) is -0.733. The predicted octanol–water partition coefficient (Wildman–Crippen LogP) is 2.29. The Morgan fingerprint density at radius 2 is 1.76 bits per heavy atom. The van der Waals surface area contributed by atoms with E-state index in [1.165, 1.54) is 7.11 Å². The van der Waals surface area contributed by atoms with Gasteiger partial charge in [-0.2, -0.15) is 0 Å². The maximum atomic E-state index is 13.2. The average molecular weight is 346 g/mol. The number of hydrogen-bond donors (Lipinski definition) is 0. The molecule has 2 rings (SSSR count). The van der Waals surface area contributed by atoms with E-state index in [0.717, 1.165) is 0 Å². The summed E-state index contributed by atoms with van der Waals surface area (Å²) in [7, 11) is 3.03. The van der Waals surface area contributed by atoms with Crippen molar-refractivity contribution in [3.63, 3.8) is 0 Å². The molecular weight excluding hydrogens is 320 g/mol. The molecule has 1 saturated heterocycles. The summed E-state index contributed by atoms with van der Waals surface area (Å²) in [6, 6.07) is 8.24. The molecule has 2 atom stereocenters. The first-order valence-corrected chi connectivity index (χ1v) is 8.39. The van der Waals surface area contributed by atoms with Gasteiger partial charge in [0.25, 0.3) is 5.91 Å². The second-order valence-electron chi connectivity index (χ2n) is 7.40. The predicted molar refractivity (Wildman–Crippen MR) is 93.7 cm³/mol. The van der Waals surface area contributed by atoms with E-state index < -0.39 is 6.04 Å². The van der Waals surface area contributed by atoms with Crippen molar-refractivity contribution in [2.24, 2.45) is 5.41 Å². The molecule has 1 heterocycles. The summed E-state index contributed by atoms with van der Waals surface area (Å²) in [6.45, 7) is 5.99. The molecule has 0 saturated carbocycles. The van der Waals surface area contributed by atoms with E-state index in [9.17, 15) is 14.4 Å². The summed E-state index contributed by atoms with van der Waals surface area (Å²) in [5, 5.41) is 0. The van der Waals surface area contributed by atoms with Crippen LogP contribution in [-0.2, 0) is 14.3 Å². The largest absolute Gasteiger partial charge is 0.469 e. The number of amides is 2. The van der Waals surface area contributed by atoms with Crippen LogP contribution < -0.4 is 0 Å². The highest BCUT2D eigenvalue weighted by Crippen LogP contribution is 2.36. The van der Waals surface area contributed by atoms with Crippen LogP contribution in [0.25, 0.3) is 0 Å². The van der Waals surface area contributed by atoms with E-state index in [4.69, 9.17) is 0 Å². The van der Waals surface area contributed by atoms with Crippen LogP contribution in [0.4, 0.5) is 0 Å². The Kier molecular flexibility index (Phi) is 5.50. The van der Waals surface area contributed by atoms with Gasteiger partial charge in [0.2, 0.25) is 5.91 Å². The fraction of sp³-hybridized carbons (Fsp3) is 0.526. The Hall–Kier alpha value is -2.37. The van der Waals surface area contributed by atoms with Gasteiger partial charge in [0.15, 0.2) is 0 Å². The molecular formula is C19H26N2O4. The third kappa shape index (κ3) is 3.83. The minimum Gasteiger partial charge on any atom is -0.469 e. The Morgan fingerprint density at radius 3 is 2.28 bits per heavy atom. The second-order valence-corrected chi connectivity index (χ2v) is 7.40. The number of benzene rings is 1. The fourth-order valence-electron chi connectivity index (χ4n) is 3.43. The van der Waals surface area contributed by atoms with Crippen LogP contribution in [0.5, 0.6) is 0 Å². The van der Waals surface area contributed by atoms with Gasteiger partial charge in [-0.05, 0) is 18.6 Å². The molecule has 0 unspecified atom stereocenters. The first kappa shape index (κ1) is 19.0. The lowest BCUT2D eigenvalue weighted by molar-refractivity contribution is -0.141. The highest BCUT2D eigenvalue weighted by Gasteiger charge is 2.51. The zero-order valence-corrected chi connectivity index (χ0v) is 15.5. The molecule has 6 heteroatoms. The summed E-state index contributed by atoms with van der Waals surface area (Å²) < 4.78 is 4.68. The van der Waals surface area contributed by atoms with Gasteiger partial charge in [-0.3, -0.25) is 14.4 Å². The number of nitrogens with zero attached hydrogens (tertiary/aromatic N) is 2. The number of esters is 1. The first-order chi connectivity index (χ1) is 11.7. The minimum atomic E-state index is -0.666. The van der Waals surface area contributed by atoms with Crippen LogP contribution >= 0.6 is 0 Å². The molecule has 0 aliphatic carbocycles. The number of rotatable bonds is 4. The molecule has 0 N–H and O–H groups in total. The molecule has 0 bridgehead atoms. The van der Waals surface area contributed by atoms with Crippen molar-refractivity contribution in [3.05, 3.63) is 35.9 Å². The van der Waals surface area contributed by atoms with Gasteiger partial charge in [-0.25, -0.2) is 0 Å². The standard InChI is InChI=1S/C19H26N2O4/c1-19(2,3)18-20(4)17(24)14(11-12-15(22)25-5)21(18)16(23)13-9-7-6-8-10-13/h6-10,14,18H,11-12H2,1-5H3/t14-,18-/m0/s1. The molecule has 0 radical (unpaired) electrons. The molecule has 0 aromatic heterocycles. The molecule has 0 spiro atoms. The molecule has 25 heavy (non-hydrogen) atoms. The second kappa shape index (κ2) is 7.25. The van der Waals surface area contributed by atoms with E-state index in [1.54, 1.807) is 41.1 Å². The highest BCUT2D eigenvalue weighted by molar-refractivity contribution is 6.00. The molecule has 1 fully saturated rings. The maximum Gasteiger partial charge on any atom is 0.305 e. The normalized spacial score (nSPS) is 20.8. The van der Waals surface area contributed by atoms with Gasteiger partial charge in [-0.15, -0.1) is 0 Å². The summed E-state index contributed by atoms with van der Waals surface area (Å²) in [4.78, 5) is 40.7. The monoisotopic (exact) mass is 346 g/mol. The fourth-order valence-corrected chi connectivity index (χ4v) is 3.43. The van der Waals surface area contributed by atoms with Crippen LogP contribution in [0.1, 0.15) is 44.0 Å². The van der Waals surface area contributed by atoms with Gasteiger partial charge in [0.1, 0.15) is 12.2 Å². The van der Waals surface area contributed by atoms with Crippen molar-refractivity contribution in [3.8, 4) is 0 Å². The third-order valence-corrected chi connectivity index (χ3v) is 4.48. The van der Waals surface area contributed by atoms with Crippen LogP contribution in [0.2, 0.25) is 0 Å². The number of carbonyl (C=O) groups excluding carboxylic acids is 3. The third-order valence-electron chi connectivity index (χ3n) is 4.48. The Balaban J connectivity index is 2.40. The Labute approximate surface area is 148 Å². The molecule has 1 aliphatic heterocycles. The van der Waals surface area contributed by atoms with Gasteiger partial charge < -0.3 is 14.5 Å². The summed E-state index contributed by atoms with van der Waals surface area (Å²) >= 11 is 0. The number of likely N-dealkylation sites (N-methyl/N-ethyl adjacent to an activating group) is 1. The van der Waals surface area contributed by atoms with Gasteiger partial charge in [-0.1, -0.05) is 39.0 Å². The molecule has 1 aliphatic rings. The lowest BCUT2D eigenvalue weighted by Crippen LogP contribution is -2.50. The van der Waals surface area contributed by atoms with Gasteiger partial charge >= 0.3 is 5.97 Å². The van der Waals surface area contributed by atoms with E-state index >= 15 is 0 Å². The number of methoxy groups -OCH3 is 1. The molecule has 6 nitrogen and oxygen atoms in total. The zero-order valence-electron chi connectivity index (χ0n) is 15.5. The highest BCUT2D eigenvalue weighted by atomic mass is 16.5. The van der Waals surface area contributed by atoms with Gasteiger partial charge in [0, 0.05) is 24.4 Å². The average Bonchev–Trinajstić information content (AvgIpc) is 2.84. The topological polar surface area (TPSA) is 66.9 Å². The van der Waals surface area contributed by atoms with Crippen molar-refractivity contribution in [1.29, 1.82) is 0 Å². The van der Waals surface area contributed by atoms with Crippen molar-refractivity contribution in [1.82, 2.24) is 9.80 Å². The zero-order chi connectivity index (χ0) is 18.8. The minimum absolute atomic E-state index is 0.0934. The first-order valence-electron chi connectivity index (χ1n) is 8.39. The molecule has 1 aromatic rings. The van der Waals surface area contributed by atoms with Crippen LogP contribution in [0.15, 0.2) is 30.3 Å². The summed E-state index contributed by atoms with van der Waals surface area (Å²) in [5.41, 5.74) is 0.206. The quantitative estimate of drug-likeness (QED) is 0.785. The van der Waals surface area contributed by atoms with Gasteiger partial charge in [0.05, 0.1) is 7.11 Å². The molecule has 1 aromatic carbocycles. The summed E-state index contributed by atoms with van der Waals surface area (Å²) in [6.07, 6.45) is -0.0349. The van der Waals surface area contributed by atoms with Crippen LogP contribution in [0.3, 0.4) is 0 Å². The smallest absolute Gasteiger partial charge is 0.305 e. The SMILES string of the molecule is COC(=O)CC[C@H]1C(=O)N(C)[C@H](C(C)(C)C)N1C(=O)c1ccccc1. The van der Waals surface area contributed by atoms with Crippen LogP contribution in [0, 0.1) is 5.41 Å². The maximum absolute atomic E-state index is 13.2. The van der Waals surface area contributed by atoms with E-state index in [0.29, 0.717) is 5.56 Å². The van der Waals surface area contributed by atoms with E-state index in [2.05, 4.69) is 4.74 Å². The Bertz CT molecular complexity index is 651. The number of ether oxygens (including phenoxy) is 1. The lowest BCUT2D eigenvalue weighted by Gasteiger charge is -2.39. The molecule has 136 valence electrons. The lowest BCUT2D eigenvalue weighted by atomic mass is 9.90. The number of hydrogen-bond acceptors (Lipinski definition) is 4.